The lowest BCUT2D eigenvalue weighted by Crippen LogP contribution is -2.29. The molecule has 0 bridgehead atoms. The van der Waals surface area contributed by atoms with Crippen molar-refractivity contribution in [3.63, 3.8) is 0 Å². The maximum Gasteiger partial charge on any atom is 0.217 e. The summed E-state index contributed by atoms with van der Waals surface area (Å²) in [5.41, 5.74) is 0.560. The number of carbonyl (C=O) groups excluding carboxylic acids is 1. The largest absolute Gasteiger partial charge is 0.386 e. The SMILES string of the molecule is CC(O)C(=O)[C@@H](C[N+](=O)[O-])c1ccccc1. The molecule has 1 N–H and O–H groups in total. The molecule has 0 radical (unpaired) electrons. The van der Waals surface area contributed by atoms with E-state index in [2.05, 4.69) is 0 Å². The van der Waals surface area contributed by atoms with Crippen molar-refractivity contribution in [2.24, 2.45) is 0 Å². The minimum atomic E-state index is -1.19. The van der Waals surface area contributed by atoms with Gasteiger partial charge in [0.2, 0.25) is 6.54 Å². The highest BCUT2D eigenvalue weighted by molar-refractivity contribution is 5.89. The first-order valence-electron chi connectivity index (χ1n) is 4.91. The van der Waals surface area contributed by atoms with E-state index in [1.54, 1.807) is 30.3 Å². The van der Waals surface area contributed by atoms with Crippen LogP contribution < -0.4 is 0 Å². The molecule has 0 saturated carbocycles. The lowest BCUT2D eigenvalue weighted by atomic mass is 9.92. The molecular weight excluding hydrogens is 210 g/mol. The number of nitrogens with zero attached hydrogens (tertiary/aromatic N) is 1. The van der Waals surface area contributed by atoms with Gasteiger partial charge in [0.1, 0.15) is 12.0 Å². The Balaban J connectivity index is 2.96. The molecule has 0 heterocycles. The highest BCUT2D eigenvalue weighted by atomic mass is 16.6. The van der Waals surface area contributed by atoms with Gasteiger partial charge in [-0.3, -0.25) is 14.9 Å². The molecule has 0 aliphatic heterocycles. The van der Waals surface area contributed by atoms with Crippen LogP contribution >= 0.6 is 0 Å². The molecule has 5 heteroatoms. The molecule has 0 saturated heterocycles. The summed E-state index contributed by atoms with van der Waals surface area (Å²) in [6.07, 6.45) is -1.19. The Kier molecular flexibility index (Phi) is 4.13. The van der Waals surface area contributed by atoms with Crippen LogP contribution in [-0.4, -0.2) is 28.5 Å². The smallest absolute Gasteiger partial charge is 0.217 e. The molecular formula is C11H13NO4. The van der Waals surface area contributed by atoms with Crippen LogP contribution in [0.15, 0.2) is 30.3 Å². The fraction of sp³-hybridized carbons (Fsp3) is 0.364. The van der Waals surface area contributed by atoms with Crippen molar-refractivity contribution in [2.45, 2.75) is 18.9 Å². The van der Waals surface area contributed by atoms with Crippen LogP contribution in [0.2, 0.25) is 0 Å². The summed E-state index contributed by atoms with van der Waals surface area (Å²) < 4.78 is 0. The van der Waals surface area contributed by atoms with Gasteiger partial charge in [0, 0.05) is 4.92 Å². The number of Topliss-reactive ketones (excluding diaryl/α,β-unsaturated/α-hetero) is 1. The normalized spacial score (nSPS) is 14.1. The molecule has 2 atom stereocenters. The standard InChI is InChI=1S/C11H13NO4/c1-8(13)11(14)10(7-12(15)16)9-5-3-2-4-6-9/h2-6,8,10,13H,7H2,1H3/t8?,10-/m0/s1. The van der Waals surface area contributed by atoms with E-state index in [0.29, 0.717) is 5.56 Å². The molecule has 0 amide bonds. The van der Waals surface area contributed by atoms with E-state index in [1.807, 2.05) is 0 Å². The van der Waals surface area contributed by atoms with Crippen LogP contribution in [-0.2, 0) is 4.79 Å². The van der Waals surface area contributed by atoms with E-state index >= 15 is 0 Å². The predicted molar refractivity (Wildman–Crippen MR) is 57.7 cm³/mol. The van der Waals surface area contributed by atoms with E-state index in [4.69, 9.17) is 0 Å². The monoisotopic (exact) mass is 223 g/mol. The van der Waals surface area contributed by atoms with Crippen molar-refractivity contribution < 1.29 is 14.8 Å². The molecule has 0 spiro atoms. The van der Waals surface area contributed by atoms with Crippen LogP contribution in [0.25, 0.3) is 0 Å². The van der Waals surface area contributed by atoms with Gasteiger partial charge in [-0.2, -0.15) is 0 Å². The third-order valence-electron chi connectivity index (χ3n) is 2.29. The first kappa shape index (κ1) is 12.3. The fourth-order valence-electron chi connectivity index (χ4n) is 1.49. The number of hydrogen-bond donors (Lipinski definition) is 1. The summed E-state index contributed by atoms with van der Waals surface area (Å²) in [4.78, 5) is 21.6. The van der Waals surface area contributed by atoms with Crippen LogP contribution in [0.5, 0.6) is 0 Å². The lowest BCUT2D eigenvalue weighted by Gasteiger charge is -2.13. The van der Waals surface area contributed by atoms with Gasteiger partial charge in [-0.05, 0) is 12.5 Å². The molecule has 0 fully saturated rings. The third-order valence-corrected chi connectivity index (χ3v) is 2.29. The third kappa shape index (κ3) is 3.13. The molecule has 16 heavy (non-hydrogen) atoms. The van der Waals surface area contributed by atoms with Crippen molar-refractivity contribution >= 4 is 5.78 Å². The summed E-state index contributed by atoms with van der Waals surface area (Å²) in [5.74, 6) is -1.40. The summed E-state index contributed by atoms with van der Waals surface area (Å²) in [7, 11) is 0. The van der Waals surface area contributed by atoms with Crippen LogP contribution in [0, 0.1) is 10.1 Å². The van der Waals surface area contributed by atoms with E-state index in [9.17, 15) is 20.0 Å². The minimum Gasteiger partial charge on any atom is -0.386 e. The summed E-state index contributed by atoms with van der Waals surface area (Å²) in [6, 6.07) is 8.47. The second-order valence-corrected chi connectivity index (χ2v) is 3.56. The van der Waals surface area contributed by atoms with Gasteiger partial charge in [-0.25, -0.2) is 0 Å². The van der Waals surface area contributed by atoms with Gasteiger partial charge in [-0.15, -0.1) is 0 Å². The summed E-state index contributed by atoms with van der Waals surface area (Å²) >= 11 is 0. The highest BCUT2D eigenvalue weighted by Crippen LogP contribution is 2.18. The molecule has 1 rings (SSSR count). The van der Waals surface area contributed by atoms with Crippen molar-refractivity contribution in [1.82, 2.24) is 0 Å². The Morgan fingerprint density at radius 3 is 2.44 bits per heavy atom. The average Bonchev–Trinajstić information content (AvgIpc) is 2.26. The summed E-state index contributed by atoms with van der Waals surface area (Å²) in [5, 5.41) is 19.7. The number of nitro groups is 1. The Hall–Kier alpha value is -1.75. The molecule has 0 aromatic heterocycles. The molecule has 5 nitrogen and oxygen atoms in total. The predicted octanol–water partition coefficient (Wildman–Crippen LogP) is 0.997. The van der Waals surface area contributed by atoms with E-state index in [-0.39, 0.29) is 0 Å². The van der Waals surface area contributed by atoms with E-state index in [0.717, 1.165) is 0 Å². The van der Waals surface area contributed by atoms with Gasteiger partial charge in [0.15, 0.2) is 5.78 Å². The molecule has 1 unspecified atom stereocenters. The summed E-state index contributed by atoms with van der Waals surface area (Å²) in [6.45, 7) is 0.825. The maximum atomic E-state index is 11.6. The number of aliphatic hydroxyl groups excluding tert-OH is 1. The Morgan fingerprint density at radius 2 is 2.00 bits per heavy atom. The van der Waals surface area contributed by atoms with Crippen LogP contribution in [0.3, 0.4) is 0 Å². The minimum absolute atomic E-state index is 0.492. The number of rotatable bonds is 5. The molecule has 0 aliphatic rings. The Bertz CT molecular complexity index is 375. The molecule has 0 aliphatic carbocycles. The first-order chi connectivity index (χ1) is 7.52. The zero-order valence-corrected chi connectivity index (χ0v) is 8.87. The topological polar surface area (TPSA) is 80.4 Å². The maximum absolute atomic E-state index is 11.6. The first-order valence-corrected chi connectivity index (χ1v) is 4.91. The zero-order valence-electron chi connectivity index (χ0n) is 8.87. The Labute approximate surface area is 92.9 Å². The van der Waals surface area contributed by atoms with Gasteiger partial charge < -0.3 is 5.11 Å². The van der Waals surface area contributed by atoms with Crippen LogP contribution in [0.4, 0.5) is 0 Å². The average molecular weight is 223 g/mol. The molecule has 86 valence electrons. The second-order valence-electron chi connectivity index (χ2n) is 3.56. The van der Waals surface area contributed by atoms with Crippen LogP contribution in [0.1, 0.15) is 18.4 Å². The van der Waals surface area contributed by atoms with E-state index < -0.39 is 29.3 Å². The molecule has 1 aromatic rings. The number of aliphatic hydroxyl groups is 1. The highest BCUT2D eigenvalue weighted by Gasteiger charge is 2.28. The van der Waals surface area contributed by atoms with Crippen molar-refractivity contribution in [3.8, 4) is 0 Å². The van der Waals surface area contributed by atoms with Gasteiger partial charge >= 0.3 is 0 Å². The Morgan fingerprint density at radius 1 is 1.44 bits per heavy atom. The van der Waals surface area contributed by atoms with Crippen molar-refractivity contribution in [3.05, 3.63) is 46.0 Å². The second kappa shape index (κ2) is 5.37. The molecule has 1 aromatic carbocycles. The lowest BCUT2D eigenvalue weighted by molar-refractivity contribution is -0.481. The number of benzene rings is 1. The number of carbonyl (C=O) groups is 1. The van der Waals surface area contributed by atoms with Gasteiger partial charge in [0.25, 0.3) is 0 Å². The van der Waals surface area contributed by atoms with E-state index in [1.165, 1.54) is 6.92 Å². The van der Waals surface area contributed by atoms with Crippen molar-refractivity contribution in [2.75, 3.05) is 6.54 Å². The zero-order chi connectivity index (χ0) is 12.1. The van der Waals surface area contributed by atoms with Crippen molar-refractivity contribution in [1.29, 1.82) is 0 Å². The fourth-order valence-corrected chi connectivity index (χ4v) is 1.49. The van der Waals surface area contributed by atoms with Gasteiger partial charge in [-0.1, -0.05) is 30.3 Å². The van der Waals surface area contributed by atoms with Gasteiger partial charge in [0.05, 0.1) is 0 Å². The number of hydrogen-bond acceptors (Lipinski definition) is 4. The number of ketones is 1. The quantitative estimate of drug-likeness (QED) is 0.596.